The van der Waals surface area contributed by atoms with Crippen LogP contribution in [-0.4, -0.2) is 17.3 Å². The number of rotatable bonds is 4. The molecule has 0 bridgehead atoms. The van der Waals surface area contributed by atoms with E-state index in [1.807, 2.05) is 42.5 Å². The van der Waals surface area contributed by atoms with E-state index < -0.39 is 5.97 Å². The fourth-order valence-electron chi connectivity index (χ4n) is 1.45. The highest BCUT2D eigenvalue weighted by atomic mass is 16.4. The Morgan fingerprint density at radius 3 is 2.22 bits per heavy atom. The van der Waals surface area contributed by atoms with E-state index in [1.165, 1.54) is 0 Å². The van der Waals surface area contributed by atoms with E-state index in [9.17, 15) is 4.79 Å². The second kappa shape index (κ2) is 5.63. The van der Waals surface area contributed by atoms with Crippen molar-refractivity contribution in [1.29, 1.82) is 0 Å². The van der Waals surface area contributed by atoms with Gasteiger partial charge in [0.25, 0.3) is 0 Å². The number of para-hydroxylation sites is 1. The zero-order valence-corrected chi connectivity index (χ0v) is 9.58. The molecule has 18 heavy (non-hydrogen) atoms. The summed E-state index contributed by atoms with van der Waals surface area (Å²) in [6.45, 7) is 0. The molecule has 2 aromatic carbocycles. The lowest BCUT2D eigenvalue weighted by Crippen LogP contribution is -1.93. The Hall–Kier alpha value is -2.62. The summed E-state index contributed by atoms with van der Waals surface area (Å²) in [5.41, 5.74) is 2.53. The Morgan fingerprint density at radius 1 is 1.00 bits per heavy atom. The van der Waals surface area contributed by atoms with E-state index >= 15 is 0 Å². The van der Waals surface area contributed by atoms with E-state index in [0.29, 0.717) is 5.69 Å². The predicted molar refractivity (Wildman–Crippen MR) is 72.0 cm³/mol. The molecule has 0 amide bonds. The molecular formula is C14H12N2O2. The van der Waals surface area contributed by atoms with Crippen molar-refractivity contribution in [2.24, 2.45) is 4.99 Å². The Kier molecular flexibility index (Phi) is 3.71. The minimum Gasteiger partial charge on any atom is -0.477 e. The number of benzene rings is 2. The van der Waals surface area contributed by atoms with Gasteiger partial charge < -0.3 is 10.4 Å². The fourth-order valence-corrected chi connectivity index (χ4v) is 1.45. The monoisotopic (exact) mass is 240 g/mol. The van der Waals surface area contributed by atoms with Crippen LogP contribution in [0.25, 0.3) is 0 Å². The second-order valence-electron chi connectivity index (χ2n) is 3.63. The first-order chi connectivity index (χ1) is 8.74. The summed E-state index contributed by atoms with van der Waals surface area (Å²) in [5.74, 6) is -1.05. The van der Waals surface area contributed by atoms with Gasteiger partial charge >= 0.3 is 5.97 Å². The highest BCUT2D eigenvalue weighted by Gasteiger charge is 1.94. The normalized spacial score (nSPS) is 10.4. The molecule has 0 aromatic heterocycles. The number of nitrogens with zero attached hydrogens (tertiary/aromatic N) is 1. The molecule has 2 aromatic rings. The summed E-state index contributed by atoms with van der Waals surface area (Å²) in [7, 11) is 0. The van der Waals surface area contributed by atoms with Crippen LogP contribution in [-0.2, 0) is 4.79 Å². The number of nitrogens with one attached hydrogen (secondary N) is 1. The number of hydrogen-bond acceptors (Lipinski definition) is 3. The van der Waals surface area contributed by atoms with Gasteiger partial charge in [-0.25, -0.2) is 9.79 Å². The number of anilines is 2. The van der Waals surface area contributed by atoms with E-state index in [0.717, 1.165) is 17.6 Å². The van der Waals surface area contributed by atoms with Gasteiger partial charge in [0, 0.05) is 11.4 Å². The van der Waals surface area contributed by atoms with Crippen LogP contribution in [0.2, 0.25) is 0 Å². The number of carbonyl (C=O) groups is 1. The lowest BCUT2D eigenvalue weighted by Gasteiger charge is -2.05. The molecule has 0 saturated heterocycles. The van der Waals surface area contributed by atoms with Gasteiger partial charge in [0.1, 0.15) is 6.21 Å². The first kappa shape index (κ1) is 11.9. The number of aliphatic carboxylic acids is 1. The molecule has 0 aliphatic carbocycles. The van der Waals surface area contributed by atoms with Crippen LogP contribution >= 0.6 is 0 Å². The van der Waals surface area contributed by atoms with Gasteiger partial charge in [-0.3, -0.25) is 0 Å². The molecule has 0 spiro atoms. The lowest BCUT2D eigenvalue weighted by atomic mass is 10.2. The summed E-state index contributed by atoms with van der Waals surface area (Å²) in [4.78, 5) is 14.1. The van der Waals surface area contributed by atoms with Crippen molar-refractivity contribution in [2.75, 3.05) is 5.32 Å². The molecule has 0 unspecified atom stereocenters. The third-order valence-corrected chi connectivity index (χ3v) is 2.25. The molecule has 90 valence electrons. The predicted octanol–water partition coefficient (Wildman–Crippen LogP) is 3.22. The van der Waals surface area contributed by atoms with Crippen LogP contribution in [0.1, 0.15) is 0 Å². The number of carboxylic acids is 1. The molecule has 2 N–H and O–H groups in total. The van der Waals surface area contributed by atoms with Crippen LogP contribution in [0.15, 0.2) is 59.6 Å². The van der Waals surface area contributed by atoms with Crippen molar-refractivity contribution in [3.05, 3.63) is 54.6 Å². The minimum atomic E-state index is -1.05. The smallest absolute Gasteiger partial charge is 0.346 e. The van der Waals surface area contributed by atoms with Crippen LogP contribution in [0.3, 0.4) is 0 Å². The lowest BCUT2D eigenvalue weighted by molar-refractivity contribution is -0.128. The Balaban J connectivity index is 2.06. The summed E-state index contributed by atoms with van der Waals surface area (Å²) in [6.07, 6.45) is 0.875. The third-order valence-electron chi connectivity index (χ3n) is 2.25. The Bertz CT molecular complexity index is 548. The van der Waals surface area contributed by atoms with Gasteiger partial charge in [-0.1, -0.05) is 18.2 Å². The van der Waals surface area contributed by atoms with Gasteiger partial charge in [0.2, 0.25) is 0 Å². The van der Waals surface area contributed by atoms with Crippen molar-refractivity contribution < 1.29 is 9.90 Å². The van der Waals surface area contributed by atoms with Crippen molar-refractivity contribution in [2.45, 2.75) is 0 Å². The summed E-state index contributed by atoms with van der Waals surface area (Å²) in [5, 5.41) is 11.7. The number of aliphatic imine (C=N–C) groups is 1. The van der Waals surface area contributed by atoms with E-state index in [2.05, 4.69) is 10.3 Å². The number of carboxylic acid groups (broad SMARTS) is 1. The summed E-state index contributed by atoms with van der Waals surface area (Å²) >= 11 is 0. The molecule has 0 aliphatic rings. The van der Waals surface area contributed by atoms with Crippen LogP contribution in [0.5, 0.6) is 0 Å². The highest BCUT2D eigenvalue weighted by molar-refractivity contribution is 6.22. The summed E-state index contributed by atoms with van der Waals surface area (Å²) in [6, 6.07) is 17.0. The average molecular weight is 240 g/mol. The fraction of sp³-hybridized carbons (Fsp3) is 0. The molecule has 0 atom stereocenters. The Morgan fingerprint density at radius 2 is 1.61 bits per heavy atom. The van der Waals surface area contributed by atoms with Gasteiger partial charge in [0.15, 0.2) is 0 Å². The van der Waals surface area contributed by atoms with E-state index in [-0.39, 0.29) is 0 Å². The van der Waals surface area contributed by atoms with Crippen molar-refractivity contribution in [3.63, 3.8) is 0 Å². The third kappa shape index (κ3) is 3.45. The van der Waals surface area contributed by atoms with Crippen molar-refractivity contribution in [3.8, 4) is 0 Å². The van der Waals surface area contributed by atoms with Crippen LogP contribution in [0, 0.1) is 0 Å². The molecule has 2 rings (SSSR count). The van der Waals surface area contributed by atoms with E-state index in [1.54, 1.807) is 12.1 Å². The van der Waals surface area contributed by atoms with Crippen molar-refractivity contribution in [1.82, 2.24) is 0 Å². The molecule has 0 radical (unpaired) electrons. The van der Waals surface area contributed by atoms with E-state index in [4.69, 9.17) is 5.11 Å². The molecule has 0 saturated carbocycles. The van der Waals surface area contributed by atoms with Gasteiger partial charge in [-0.15, -0.1) is 0 Å². The topological polar surface area (TPSA) is 61.7 Å². The zero-order chi connectivity index (χ0) is 12.8. The maximum absolute atomic E-state index is 10.3. The van der Waals surface area contributed by atoms with Gasteiger partial charge in [0.05, 0.1) is 5.69 Å². The maximum atomic E-state index is 10.3. The molecule has 4 heteroatoms. The number of hydrogen-bond donors (Lipinski definition) is 2. The Labute approximate surface area is 105 Å². The standard InChI is InChI=1S/C14H12N2O2/c17-14(18)10-15-11-6-8-13(9-7-11)16-12-4-2-1-3-5-12/h1-10,16H,(H,17,18). The largest absolute Gasteiger partial charge is 0.477 e. The zero-order valence-electron chi connectivity index (χ0n) is 9.58. The first-order valence-electron chi connectivity index (χ1n) is 5.43. The van der Waals surface area contributed by atoms with Gasteiger partial charge in [-0.2, -0.15) is 0 Å². The molecular weight excluding hydrogens is 228 g/mol. The van der Waals surface area contributed by atoms with Crippen LogP contribution in [0.4, 0.5) is 17.1 Å². The average Bonchev–Trinajstić information content (AvgIpc) is 2.39. The summed E-state index contributed by atoms with van der Waals surface area (Å²) < 4.78 is 0. The first-order valence-corrected chi connectivity index (χ1v) is 5.43. The molecule has 0 heterocycles. The highest BCUT2D eigenvalue weighted by Crippen LogP contribution is 2.19. The quantitative estimate of drug-likeness (QED) is 0.806. The second-order valence-corrected chi connectivity index (χ2v) is 3.63. The van der Waals surface area contributed by atoms with Crippen molar-refractivity contribution >= 4 is 29.2 Å². The van der Waals surface area contributed by atoms with Crippen LogP contribution < -0.4 is 5.32 Å². The molecule has 0 fully saturated rings. The van der Waals surface area contributed by atoms with Gasteiger partial charge in [-0.05, 0) is 36.4 Å². The SMILES string of the molecule is O=C(O)C=Nc1ccc(Nc2ccccc2)cc1. The molecule has 4 nitrogen and oxygen atoms in total. The molecule has 0 aliphatic heterocycles. The minimum absolute atomic E-state index is 0.607. The maximum Gasteiger partial charge on any atom is 0.346 e.